The maximum absolute atomic E-state index is 12.7. The van der Waals surface area contributed by atoms with Gasteiger partial charge in [-0.15, -0.1) is 0 Å². The Morgan fingerprint density at radius 2 is 1.89 bits per heavy atom. The number of aromatic hydroxyl groups is 1. The summed E-state index contributed by atoms with van der Waals surface area (Å²) in [4.78, 5) is 12.4. The summed E-state index contributed by atoms with van der Waals surface area (Å²) in [6, 6.07) is 11.4. The number of aryl methyl sites for hydroxylation is 1. The van der Waals surface area contributed by atoms with Crippen LogP contribution in [0.15, 0.2) is 47.4 Å². The summed E-state index contributed by atoms with van der Waals surface area (Å²) in [5.74, 6) is 0.208. The average Bonchev–Trinajstić information content (AvgIpc) is 3.24. The van der Waals surface area contributed by atoms with Crippen molar-refractivity contribution in [3.05, 3.63) is 48.0 Å². The first kappa shape index (κ1) is 20.2. The second-order valence-electron chi connectivity index (χ2n) is 6.65. The third-order valence-corrected chi connectivity index (χ3v) is 6.65. The Bertz CT molecular complexity index is 953. The lowest BCUT2D eigenvalue weighted by Gasteiger charge is -2.16. The van der Waals surface area contributed by atoms with Gasteiger partial charge in [0.05, 0.1) is 17.7 Å². The number of phenolic OH excluding ortho intramolecular Hbond substituents is 1. The second-order valence-corrected chi connectivity index (χ2v) is 8.59. The molecule has 1 aliphatic rings. The fourth-order valence-electron chi connectivity index (χ4n) is 3.22. The molecule has 0 aromatic heterocycles. The molecule has 0 spiro atoms. The molecule has 1 saturated heterocycles. The normalized spacial score (nSPS) is 14.8. The van der Waals surface area contributed by atoms with Crippen LogP contribution in [0, 0.1) is 0 Å². The minimum absolute atomic E-state index is 0.0622. The molecule has 0 bridgehead atoms. The fraction of sp³-hybridized carbons (Fsp3) is 0.350. The quantitative estimate of drug-likeness (QED) is 0.692. The van der Waals surface area contributed by atoms with Crippen molar-refractivity contribution in [1.29, 1.82) is 0 Å². The van der Waals surface area contributed by atoms with Gasteiger partial charge in [0.1, 0.15) is 11.5 Å². The molecular formula is C20H24N2O5S. The zero-order valence-corrected chi connectivity index (χ0v) is 16.5. The van der Waals surface area contributed by atoms with Crippen LogP contribution in [0.2, 0.25) is 0 Å². The standard InChI is InChI=1S/C20H24N2O5S/c1-27-19-7-3-2-6-15(19)8-11-20(24)21-17-14-16(9-10-18(17)23)28(25,26)22-12-4-5-13-22/h2-3,6-7,9-10,14,23H,4-5,8,11-13H2,1H3,(H,21,24). The Labute approximate surface area is 165 Å². The molecular weight excluding hydrogens is 380 g/mol. The molecule has 7 nitrogen and oxygen atoms in total. The molecule has 1 amide bonds. The van der Waals surface area contributed by atoms with Crippen LogP contribution in [-0.4, -0.2) is 43.9 Å². The number of carbonyl (C=O) groups is 1. The van der Waals surface area contributed by atoms with Gasteiger partial charge in [-0.3, -0.25) is 4.79 Å². The number of sulfonamides is 1. The summed E-state index contributed by atoms with van der Waals surface area (Å²) in [5, 5.41) is 12.6. The highest BCUT2D eigenvalue weighted by Crippen LogP contribution is 2.29. The van der Waals surface area contributed by atoms with E-state index in [9.17, 15) is 18.3 Å². The molecule has 150 valence electrons. The number of nitrogens with zero attached hydrogens (tertiary/aromatic N) is 1. The molecule has 3 rings (SSSR count). The maximum atomic E-state index is 12.7. The lowest BCUT2D eigenvalue weighted by atomic mass is 10.1. The van der Waals surface area contributed by atoms with E-state index in [1.165, 1.54) is 22.5 Å². The zero-order chi connectivity index (χ0) is 20.1. The van der Waals surface area contributed by atoms with Crippen molar-refractivity contribution in [3.8, 4) is 11.5 Å². The van der Waals surface area contributed by atoms with Crippen molar-refractivity contribution >= 4 is 21.6 Å². The van der Waals surface area contributed by atoms with Gasteiger partial charge in [-0.1, -0.05) is 18.2 Å². The molecule has 2 aromatic rings. The number of carbonyl (C=O) groups excluding carboxylic acids is 1. The number of rotatable bonds is 7. The predicted octanol–water partition coefficient (Wildman–Crippen LogP) is 2.76. The van der Waals surface area contributed by atoms with Crippen molar-refractivity contribution < 1.29 is 23.1 Å². The van der Waals surface area contributed by atoms with Crippen LogP contribution in [0.4, 0.5) is 5.69 Å². The van der Waals surface area contributed by atoms with Crippen LogP contribution in [0.3, 0.4) is 0 Å². The summed E-state index contributed by atoms with van der Waals surface area (Å²) in [6.45, 7) is 0.980. The van der Waals surface area contributed by atoms with E-state index in [-0.39, 0.29) is 28.7 Å². The lowest BCUT2D eigenvalue weighted by molar-refractivity contribution is -0.116. The Balaban J connectivity index is 1.70. The van der Waals surface area contributed by atoms with E-state index < -0.39 is 10.0 Å². The van der Waals surface area contributed by atoms with Gasteiger partial charge in [0.25, 0.3) is 0 Å². The first-order valence-electron chi connectivity index (χ1n) is 9.17. The first-order chi connectivity index (χ1) is 13.4. The van der Waals surface area contributed by atoms with Gasteiger partial charge in [0.2, 0.25) is 15.9 Å². The van der Waals surface area contributed by atoms with E-state index in [1.807, 2.05) is 24.3 Å². The van der Waals surface area contributed by atoms with E-state index in [0.717, 1.165) is 18.4 Å². The van der Waals surface area contributed by atoms with E-state index in [4.69, 9.17) is 4.74 Å². The molecule has 2 N–H and O–H groups in total. The van der Waals surface area contributed by atoms with Crippen LogP contribution in [-0.2, 0) is 21.2 Å². The number of phenols is 1. The Morgan fingerprint density at radius 1 is 1.18 bits per heavy atom. The van der Waals surface area contributed by atoms with E-state index >= 15 is 0 Å². The van der Waals surface area contributed by atoms with Gasteiger partial charge in [0.15, 0.2) is 0 Å². The number of para-hydroxylation sites is 1. The van der Waals surface area contributed by atoms with Gasteiger partial charge >= 0.3 is 0 Å². The zero-order valence-electron chi connectivity index (χ0n) is 15.7. The number of hydrogen-bond acceptors (Lipinski definition) is 5. The molecule has 0 atom stereocenters. The SMILES string of the molecule is COc1ccccc1CCC(=O)Nc1cc(S(=O)(=O)N2CCCC2)ccc1O. The van der Waals surface area contributed by atoms with Crippen LogP contribution in [0.25, 0.3) is 0 Å². The average molecular weight is 404 g/mol. The van der Waals surface area contributed by atoms with Gasteiger partial charge in [-0.2, -0.15) is 4.31 Å². The molecule has 0 radical (unpaired) electrons. The summed E-state index contributed by atoms with van der Waals surface area (Å²) in [6.07, 6.45) is 2.30. The summed E-state index contributed by atoms with van der Waals surface area (Å²) in [7, 11) is -2.05. The smallest absolute Gasteiger partial charge is 0.243 e. The van der Waals surface area contributed by atoms with E-state index in [2.05, 4.69) is 5.32 Å². The number of methoxy groups -OCH3 is 1. The lowest BCUT2D eigenvalue weighted by Crippen LogP contribution is -2.28. The fourth-order valence-corrected chi connectivity index (χ4v) is 4.77. The molecule has 2 aromatic carbocycles. The van der Waals surface area contributed by atoms with Crippen LogP contribution >= 0.6 is 0 Å². The Morgan fingerprint density at radius 3 is 2.61 bits per heavy atom. The molecule has 8 heteroatoms. The molecule has 28 heavy (non-hydrogen) atoms. The molecule has 1 aliphatic heterocycles. The minimum atomic E-state index is -3.62. The van der Waals surface area contributed by atoms with Crippen molar-refractivity contribution in [2.24, 2.45) is 0 Å². The van der Waals surface area contributed by atoms with Crippen molar-refractivity contribution in [1.82, 2.24) is 4.31 Å². The molecule has 1 fully saturated rings. The monoisotopic (exact) mass is 404 g/mol. The highest BCUT2D eigenvalue weighted by Gasteiger charge is 2.27. The largest absolute Gasteiger partial charge is 0.506 e. The number of hydrogen-bond donors (Lipinski definition) is 2. The van der Waals surface area contributed by atoms with Gasteiger partial charge in [-0.25, -0.2) is 8.42 Å². The number of amides is 1. The highest BCUT2D eigenvalue weighted by molar-refractivity contribution is 7.89. The van der Waals surface area contributed by atoms with Crippen molar-refractivity contribution in [2.75, 3.05) is 25.5 Å². The number of nitrogens with one attached hydrogen (secondary N) is 1. The summed E-state index contributed by atoms with van der Waals surface area (Å²) in [5.41, 5.74) is 0.986. The van der Waals surface area contributed by atoms with Gasteiger partial charge < -0.3 is 15.2 Å². The summed E-state index contributed by atoms with van der Waals surface area (Å²) >= 11 is 0. The molecule has 0 saturated carbocycles. The predicted molar refractivity (Wildman–Crippen MR) is 106 cm³/mol. The second kappa shape index (κ2) is 8.62. The molecule has 0 aliphatic carbocycles. The van der Waals surface area contributed by atoms with Crippen molar-refractivity contribution in [3.63, 3.8) is 0 Å². The maximum Gasteiger partial charge on any atom is 0.243 e. The van der Waals surface area contributed by atoms with E-state index in [1.54, 1.807) is 7.11 Å². The van der Waals surface area contributed by atoms with Gasteiger partial charge in [0, 0.05) is 19.5 Å². The van der Waals surface area contributed by atoms with Crippen LogP contribution in [0.1, 0.15) is 24.8 Å². The third-order valence-electron chi connectivity index (χ3n) is 4.76. The Kier molecular flexibility index (Phi) is 6.21. The van der Waals surface area contributed by atoms with Gasteiger partial charge in [-0.05, 0) is 49.1 Å². The number of anilines is 1. The number of benzene rings is 2. The van der Waals surface area contributed by atoms with Crippen molar-refractivity contribution in [2.45, 2.75) is 30.6 Å². The minimum Gasteiger partial charge on any atom is -0.506 e. The highest BCUT2D eigenvalue weighted by atomic mass is 32.2. The topological polar surface area (TPSA) is 95.9 Å². The molecule has 1 heterocycles. The number of ether oxygens (including phenoxy) is 1. The van der Waals surface area contributed by atoms with Crippen LogP contribution in [0.5, 0.6) is 11.5 Å². The Hall–Kier alpha value is -2.58. The van der Waals surface area contributed by atoms with E-state index in [0.29, 0.717) is 25.3 Å². The third kappa shape index (κ3) is 4.45. The van der Waals surface area contributed by atoms with Crippen LogP contribution < -0.4 is 10.1 Å². The summed E-state index contributed by atoms with van der Waals surface area (Å²) < 4.78 is 32.1. The molecule has 0 unspecified atom stereocenters. The first-order valence-corrected chi connectivity index (χ1v) is 10.6.